The molecule has 0 saturated carbocycles. The quantitative estimate of drug-likeness (QED) is 0.222. The molecule has 1 aliphatic carbocycles. The number of hydrogen-bond donors (Lipinski definition) is 1. The van der Waals surface area contributed by atoms with Crippen LogP contribution in [0, 0.1) is 5.92 Å². The number of oxazole rings is 1. The lowest BCUT2D eigenvalue weighted by molar-refractivity contribution is 0.505. The summed E-state index contributed by atoms with van der Waals surface area (Å²) in [5.41, 5.74) is 8.68. The molecule has 0 bridgehead atoms. The fraction of sp³-hybridized carbons (Fsp3) is 0.143. The molecule has 0 spiro atoms. The molecule has 0 saturated heterocycles. The van der Waals surface area contributed by atoms with Gasteiger partial charge >= 0.3 is 0 Å². The summed E-state index contributed by atoms with van der Waals surface area (Å²) in [6.45, 7) is 0. The summed E-state index contributed by atoms with van der Waals surface area (Å²) in [7, 11) is 0. The standard InChI is InChI=1S/C35H29N5O/c1-3-13-25(14-4-1)32-33(26-15-5-2-6-16-26)41-35(36-32)30-20-8-7-17-28(30)23-24-12-11-18-27(22-24)29-19-9-10-21-31(29)34-37-39-40-38-34/h1-6,9-16,18-22,28H,7-8,17,23H2,(H,37,38,39,40)/t28-/m0/s1. The van der Waals surface area contributed by atoms with Crippen LogP contribution in [0.1, 0.15) is 30.7 Å². The van der Waals surface area contributed by atoms with E-state index in [0.717, 1.165) is 70.8 Å². The van der Waals surface area contributed by atoms with Crippen LogP contribution in [-0.2, 0) is 6.42 Å². The number of nitrogens with zero attached hydrogens (tertiary/aromatic N) is 4. The van der Waals surface area contributed by atoms with E-state index in [9.17, 15) is 0 Å². The summed E-state index contributed by atoms with van der Waals surface area (Å²) in [6.07, 6.45) is 6.54. The normalized spacial score (nSPS) is 15.0. The molecule has 6 heteroatoms. The number of tetrazole rings is 1. The molecule has 0 amide bonds. The Kier molecular flexibility index (Phi) is 6.79. The zero-order valence-electron chi connectivity index (χ0n) is 22.6. The van der Waals surface area contributed by atoms with Crippen LogP contribution < -0.4 is 0 Å². The smallest absolute Gasteiger partial charge is 0.223 e. The predicted octanol–water partition coefficient (Wildman–Crippen LogP) is 8.28. The van der Waals surface area contributed by atoms with Crippen molar-refractivity contribution in [3.05, 3.63) is 127 Å². The first-order valence-corrected chi connectivity index (χ1v) is 14.1. The van der Waals surface area contributed by atoms with Gasteiger partial charge < -0.3 is 4.42 Å². The Hall–Kier alpha value is -5.10. The van der Waals surface area contributed by atoms with E-state index in [2.05, 4.69) is 87.4 Å². The minimum Gasteiger partial charge on any atom is -0.436 e. The Bertz CT molecular complexity index is 1730. The van der Waals surface area contributed by atoms with Crippen LogP contribution in [-0.4, -0.2) is 25.6 Å². The molecule has 1 aliphatic rings. The highest BCUT2D eigenvalue weighted by molar-refractivity contribution is 5.81. The van der Waals surface area contributed by atoms with Gasteiger partial charge in [-0.05, 0) is 58.7 Å². The predicted molar refractivity (Wildman–Crippen MR) is 161 cm³/mol. The average Bonchev–Trinajstić information content (AvgIpc) is 3.74. The number of aromatic amines is 1. The van der Waals surface area contributed by atoms with Crippen molar-refractivity contribution in [1.29, 1.82) is 0 Å². The number of nitrogens with one attached hydrogen (secondary N) is 1. The maximum Gasteiger partial charge on any atom is 0.223 e. The van der Waals surface area contributed by atoms with E-state index in [1.54, 1.807) is 0 Å². The lowest BCUT2D eigenvalue weighted by Crippen LogP contribution is -2.11. The van der Waals surface area contributed by atoms with Gasteiger partial charge in [0.15, 0.2) is 11.6 Å². The van der Waals surface area contributed by atoms with Crippen LogP contribution in [0.4, 0.5) is 0 Å². The molecule has 4 aromatic carbocycles. The highest BCUT2D eigenvalue weighted by Crippen LogP contribution is 2.40. The van der Waals surface area contributed by atoms with E-state index in [-0.39, 0.29) is 0 Å². The van der Waals surface area contributed by atoms with Gasteiger partial charge in [-0.15, -0.1) is 5.10 Å². The van der Waals surface area contributed by atoms with E-state index < -0.39 is 0 Å². The van der Waals surface area contributed by atoms with Crippen molar-refractivity contribution in [1.82, 2.24) is 25.6 Å². The second kappa shape index (κ2) is 11.2. The lowest BCUT2D eigenvalue weighted by atomic mass is 9.82. The summed E-state index contributed by atoms with van der Waals surface area (Å²) in [4.78, 5) is 5.12. The first kappa shape index (κ1) is 24.9. The maximum absolute atomic E-state index is 6.61. The molecule has 41 heavy (non-hydrogen) atoms. The third kappa shape index (κ3) is 5.12. The van der Waals surface area contributed by atoms with Crippen molar-refractivity contribution >= 4 is 5.57 Å². The number of aromatic nitrogens is 5. The number of H-pyrrole nitrogens is 1. The molecule has 0 aliphatic heterocycles. The summed E-state index contributed by atoms with van der Waals surface area (Å²) >= 11 is 0. The molecule has 6 aromatic rings. The molecule has 1 N–H and O–H groups in total. The van der Waals surface area contributed by atoms with Crippen LogP contribution >= 0.6 is 0 Å². The van der Waals surface area contributed by atoms with Gasteiger partial charge in [0, 0.05) is 22.3 Å². The van der Waals surface area contributed by atoms with Gasteiger partial charge in [0.2, 0.25) is 5.89 Å². The molecular formula is C35H29N5O. The van der Waals surface area contributed by atoms with E-state index in [1.807, 2.05) is 48.5 Å². The van der Waals surface area contributed by atoms with Crippen LogP contribution in [0.25, 0.3) is 50.7 Å². The molecule has 0 fully saturated rings. The highest BCUT2D eigenvalue weighted by atomic mass is 16.4. The average molecular weight is 536 g/mol. The third-order valence-corrected chi connectivity index (χ3v) is 7.77. The SMILES string of the molecule is C1=C(c2nc(-c3ccccc3)c(-c3ccccc3)o2)[C@H](Cc2cccc(-c3ccccc3-c3nnn[nH]3)c2)CCC1. The zero-order chi connectivity index (χ0) is 27.4. The van der Waals surface area contributed by atoms with Crippen LogP contribution in [0.5, 0.6) is 0 Å². The van der Waals surface area contributed by atoms with Crippen molar-refractivity contribution in [2.45, 2.75) is 25.7 Å². The fourth-order valence-corrected chi connectivity index (χ4v) is 5.80. The number of benzene rings is 4. The number of allylic oxidation sites excluding steroid dienone is 2. The van der Waals surface area contributed by atoms with Crippen molar-refractivity contribution in [2.75, 3.05) is 0 Å². The van der Waals surface area contributed by atoms with Gasteiger partial charge in [0.25, 0.3) is 0 Å². The topological polar surface area (TPSA) is 80.5 Å². The van der Waals surface area contributed by atoms with Crippen LogP contribution in [0.15, 0.2) is 120 Å². The third-order valence-electron chi connectivity index (χ3n) is 7.77. The Morgan fingerprint density at radius 1 is 0.756 bits per heavy atom. The Morgan fingerprint density at radius 3 is 2.27 bits per heavy atom. The summed E-state index contributed by atoms with van der Waals surface area (Å²) in [6, 6.07) is 37.6. The van der Waals surface area contributed by atoms with Gasteiger partial charge in [0.1, 0.15) is 5.69 Å². The van der Waals surface area contributed by atoms with Crippen molar-refractivity contribution < 1.29 is 4.42 Å². The largest absolute Gasteiger partial charge is 0.436 e. The summed E-state index contributed by atoms with van der Waals surface area (Å²) in [5, 5.41) is 14.6. The molecule has 2 heterocycles. The molecule has 2 aromatic heterocycles. The lowest BCUT2D eigenvalue weighted by Gasteiger charge is -2.23. The van der Waals surface area contributed by atoms with Crippen molar-refractivity contribution in [3.63, 3.8) is 0 Å². The first-order chi connectivity index (χ1) is 20.3. The second-order valence-electron chi connectivity index (χ2n) is 10.4. The van der Waals surface area contributed by atoms with Crippen molar-refractivity contribution in [3.8, 4) is 45.1 Å². The second-order valence-corrected chi connectivity index (χ2v) is 10.4. The maximum atomic E-state index is 6.61. The van der Waals surface area contributed by atoms with E-state index >= 15 is 0 Å². The molecule has 0 radical (unpaired) electrons. The minimum atomic E-state index is 0.318. The molecule has 1 atom stereocenters. The molecule has 0 unspecified atom stereocenters. The Balaban J connectivity index is 1.23. The molecular weight excluding hydrogens is 506 g/mol. The van der Waals surface area contributed by atoms with Gasteiger partial charge in [0.05, 0.1) is 0 Å². The first-order valence-electron chi connectivity index (χ1n) is 14.1. The Labute approximate surface area is 238 Å². The minimum absolute atomic E-state index is 0.318. The molecule has 7 rings (SSSR count). The van der Waals surface area contributed by atoms with Crippen LogP contribution in [0.2, 0.25) is 0 Å². The fourth-order valence-electron chi connectivity index (χ4n) is 5.80. The summed E-state index contributed by atoms with van der Waals surface area (Å²) in [5.74, 6) is 2.53. The van der Waals surface area contributed by atoms with Gasteiger partial charge in [-0.25, -0.2) is 10.1 Å². The highest BCUT2D eigenvalue weighted by Gasteiger charge is 2.26. The van der Waals surface area contributed by atoms with E-state index in [1.165, 1.54) is 11.1 Å². The molecule has 200 valence electrons. The number of rotatable bonds is 7. The van der Waals surface area contributed by atoms with Gasteiger partial charge in [-0.1, -0.05) is 115 Å². The van der Waals surface area contributed by atoms with E-state index in [4.69, 9.17) is 9.40 Å². The Morgan fingerprint density at radius 2 is 1.49 bits per heavy atom. The molecule has 6 nitrogen and oxygen atoms in total. The van der Waals surface area contributed by atoms with Gasteiger partial charge in [-0.2, -0.15) is 0 Å². The monoisotopic (exact) mass is 535 g/mol. The number of hydrogen-bond acceptors (Lipinski definition) is 5. The zero-order valence-corrected chi connectivity index (χ0v) is 22.6. The van der Waals surface area contributed by atoms with Gasteiger partial charge in [-0.3, -0.25) is 0 Å². The van der Waals surface area contributed by atoms with Crippen molar-refractivity contribution in [2.24, 2.45) is 5.92 Å². The van der Waals surface area contributed by atoms with Crippen LogP contribution in [0.3, 0.4) is 0 Å². The summed E-state index contributed by atoms with van der Waals surface area (Å²) < 4.78 is 6.61. The van der Waals surface area contributed by atoms with E-state index in [0.29, 0.717) is 11.7 Å².